The highest BCUT2D eigenvalue weighted by Crippen LogP contribution is 2.36. The molecule has 0 saturated heterocycles. The zero-order valence-electron chi connectivity index (χ0n) is 20.0. The molecule has 1 saturated carbocycles. The molecule has 0 bridgehead atoms. The number of aryl methyl sites for hydroxylation is 1. The van der Waals surface area contributed by atoms with Crippen LogP contribution in [-0.2, 0) is 19.4 Å². The lowest BCUT2D eigenvalue weighted by Crippen LogP contribution is -2.40. The number of ether oxygens (including phenoxy) is 1. The molecule has 2 N–H and O–H groups in total. The topological polar surface area (TPSA) is 87.3 Å². The average Bonchev–Trinajstić information content (AvgIpc) is 3.46. The lowest BCUT2D eigenvalue weighted by Gasteiger charge is -2.31. The smallest absolute Gasteiger partial charge is 0.269 e. The van der Waals surface area contributed by atoms with E-state index >= 15 is 0 Å². The highest BCUT2D eigenvalue weighted by Gasteiger charge is 2.32. The molecule has 2 aliphatic carbocycles. The first-order chi connectivity index (χ1) is 17.1. The van der Waals surface area contributed by atoms with Crippen molar-refractivity contribution in [1.29, 1.82) is 0 Å². The van der Waals surface area contributed by atoms with Gasteiger partial charge in [-0.1, -0.05) is 18.2 Å². The molecule has 2 amide bonds. The number of methoxy groups -OCH3 is 1. The normalized spacial score (nSPS) is 20.7. The van der Waals surface area contributed by atoms with Gasteiger partial charge in [-0.05, 0) is 79.8 Å². The van der Waals surface area contributed by atoms with Crippen LogP contribution in [0.4, 0.5) is 0 Å². The molecule has 2 aromatic carbocycles. The lowest BCUT2D eigenvalue weighted by atomic mass is 9.85. The molecular weight excluding hydrogens is 440 g/mol. The van der Waals surface area contributed by atoms with Crippen LogP contribution in [0.25, 0.3) is 11.3 Å². The van der Waals surface area contributed by atoms with Crippen molar-refractivity contribution in [2.45, 2.75) is 51.1 Å². The van der Waals surface area contributed by atoms with Gasteiger partial charge in [0.2, 0.25) is 0 Å². The van der Waals surface area contributed by atoms with E-state index < -0.39 is 0 Å². The second-order valence-electron chi connectivity index (χ2n) is 9.98. The van der Waals surface area contributed by atoms with Gasteiger partial charge in [-0.25, -0.2) is 0 Å². The van der Waals surface area contributed by atoms with E-state index in [2.05, 4.69) is 21.6 Å². The SMILES string of the molecule is COc1ccc2c(c1)CCc1c-2n[nH]c1C(=O)NC1CCC(CN2Cc3ccccc3C2=O)CC1. The number of benzene rings is 2. The molecule has 2 heterocycles. The minimum atomic E-state index is -0.0654. The maximum Gasteiger partial charge on any atom is 0.269 e. The average molecular weight is 471 g/mol. The highest BCUT2D eigenvalue weighted by atomic mass is 16.5. The lowest BCUT2D eigenvalue weighted by molar-refractivity contribution is 0.0732. The van der Waals surface area contributed by atoms with Crippen LogP contribution in [0.15, 0.2) is 42.5 Å². The monoisotopic (exact) mass is 470 g/mol. The van der Waals surface area contributed by atoms with E-state index in [0.29, 0.717) is 18.2 Å². The fourth-order valence-corrected chi connectivity index (χ4v) is 5.93. The Morgan fingerprint density at radius 3 is 2.71 bits per heavy atom. The second kappa shape index (κ2) is 8.87. The Morgan fingerprint density at radius 2 is 1.91 bits per heavy atom. The Kier molecular flexibility index (Phi) is 5.55. The summed E-state index contributed by atoms with van der Waals surface area (Å²) in [6.45, 7) is 1.51. The van der Waals surface area contributed by atoms with Crippen LogP contribution in [0.5, 0.6) is 5.75 Å². The fraction of sp³-hybridized carbons (Fsp3) is 0.393. The highest BCUT2D eigenvalue weighted by molar-refractivity contribution is 5.98. The van der Waals surface area contributed by atoms with Crippen molar-refractivity contribution in [1.82, 2.24) is 20.4 Å². The molecule has 1 fully saturated rings. The maximum absolute atomic E-state index is 13.1. The Hall–Kier alpha value is -3.61. The van der Waals surface area contributed by atoms with E-state index in [-0.39, 0.29) is 17.9 Å². The van der Waals surface area contributed by atoms with Crippen molar-refractivity contribution >= 4 is 11.8 Å². The van der Waals surface area contributed by atoms with Crippen molar-refractivity contribution in [2.75, 3.05) is 13.7 Å². The Labute approximate surface area is 204 Å². The largest absolute Gasteiger partial charge is 0.497 e. The van der Waals surface area contributed by atoms with Crippen LogP contribution < -0.4 is 10.1 Å². The van der Waals surface area contributed by atoms with Crippen molar-refractivity contribution in [3.63, 3.8) is 0 Å². The molecule has 7 heteroatoms. The number of aromatic amines is 1. The van der Waals surface area contributed by atoms with Gasteiger partial charge in [0.25, 0.3) is 11.8 Å². The van der Waals surface area contributed by atoms with Gasteiger partial charge in [-0.2, -0.15) is 5.10 Å². The van der Waals surface area contributed by atoms with Crippen LogP contribution in [0.1, 0.15) is 63.2 Å². The first kappa shape index (κ1) is 21.9. The zero-order chi connectivity index (χ0) is 23.9. The molecule has 180 valence electrons. The van der Waals surface area contributed by atoms with Gasteiger partial charge in [-0.3, -0.25) is 14.7 Å². The molecule has 0 spiro atoms. The van der Waals surface area contributed by atoms with Gasteiger partial charge in [-0.15, -0.1) is 0 Å². The van der Waals surface area contributed by atoms with Gasteiger partial charge >= 0.3 is 0 Å². The number of aromatic nitrogens is 2. The second-order valence-corrected chi connectivity index (χ2v) is 9.98. The third kappa shape index (κ3) is 3.99. The van der Waals surface area contributed by atoms with Crippen LogP contribution in [0.2, 0.25) is 0 Å². The summed E-state index contributed by atoms with van der Waals surface area (Å²) in [5, 5.41) is 10.7. The fourth-order valence-electron chi connectivity index (χ4n) is 5.93. The summed E-state index contributed by atoms with van der Waals surface area (Å²) in [5.74, 6) is 1.41. The molecule has 0 atom stereocenters. The molecule has 3 aliphatic rings. The molecule has 3 aromatic rings. The number of H-pyrrole nitrogens is 1. The third-order valence-corrected chi connectivity index (χ3v) is 7.86. The standard InChI is InChI=1S/C28H30N4O3/c1-35-21-11-13-22-18(14-21)8-12-24-25(22)30-31-26(24)27(33)29-20-9-6-17(7-10-20)15-32-16-19-4-2-3-5-23(19)28(32)34/h2-5,11,13-14,17,20H,6-10,12,15-16H2,1H3,(H,29,33)(H,30,31). The van der Waals surface area contributed by atoms with Gasteiger partial charge in [0, 0.05) is 35.8 Å². The maximum atomic E-state index is 13.1. The number of carbonyl (C=O) groups is 2. The van der Waals surface area contributed by atoms with Crippen molar-refractivity contribution in [3.05, 3.63) is 70.4 Å². The molecule has 1 aliphatic heterocycles. The number of rotatable bonds is 5. The van der Waals surface area contributed by atoms with Crippen molar-refractivity contribution in [2.24, 2.45) is 5.92 Å². The Balaban J connectivity index is 1.06. The van der Waals surface area contributed by atoms with Crippen LogP contribution in [0.3, 0.4) is 0 Å². The van der Waals surface area contributed by atoms with E-state index in [4.69, 9.17) is 4.74 Å². The Bertz CT molecular complexity index is 1290. The first-order valence-corrected chi connectivity index (χ1v) is 12.5. The van der Waals surface area contributed by atoms with E-state index in [9.17, 15) is 9.59 Å². The number of amides is 2. The summed E-state index contributed by atoms with van der Waals surface area (Å²) in [6, 6.07) is 14.1. The first-order valence-electron chi connectivity index (χ1n) is 12.5. The molecule has 0 radical (unpaired) electrons. The third-order valence-electron chi connectivity index (χ3n) is 7.86. The predicted octanol–water partition coefficient (Wildman–Crippen LogP) is 4.13. The van der Waals surface area contributed by atoms with Crippen LogP contribution in [-0.4, -0.2) is 46.6 Å². The number of hydrogen-bond acceptors (Lipinski definition) is 4. The number of carbonyl (C=O) groups excluding carboxylic acids is 2. The molecular formula is C28H30N4O3. The van der Waals surface area contributed by atoms with Crippen LogP contribution >= 0.6 is 0 Å². The van der Waals surface area contributed by atoms with Gasteiger partial charge in [0.1, 0.15) is 11.4 Å². The molecule has 35 heavy (non-hydrogen) atoms. The summed E-state index contributed by atoms with van der Waals surface area (Å²) < 4.78 is 5.35. The predicted molar refractivity (Wildman–Crippen MR) is 132 cm³/mol. The van der Waals surface area contributed by atoms with Gasteiger partial charge < -0.3 is 15.0 Å². The number of fused-ring (bicyclic) bond motifs is 4. The quantitative estimate of drug-likeness (QED) is 0.587. The summed E-state index contributed by atoms with van der Waals surface area (Å²) in [6.07, 6.45) is 5.55. The number of nitrogens with one attached hydrogen (secondary N) is 2. The molecule has 7 nitrogen and oxygen atoms in total. The van der Waals surface area contributed by atoms with Crippen molar-refractivity contribution in [3.8, 4) is 17.0 Å². The number of nitrogens with zero attached hydrogens (tertiary/aromatic N) is 2. The van der Waals surface area contributed by atoms with Crippen molar-refractivity contribution < 1.29 is 14.3 Å². The van der Waals surface area contributed by atoms with E-state index in [1.54, 1.807) is 7.11 Å². The molecule has 0 unspecified atom stereocenters. The summed E-state index contributed by atoms with van der Waals surface area (Å²) >= 11 is 0. The summed E-state index contributed by atoms with van der Waals surface area (Å²) in [5.41, 5.74) is 6.71. The molecule has 1 aromatic heterocycles. The summed E-state index contributed by atoms with van der Waals surface area (Å²) in [4.78, 5) is 27.8. The zero-order valence-corrected chi connectivity index (χ0v) is 20.0. The van der Waals surface area contributed by atoms with Gasteiger partial charge in [0.05, 0.1) is 12.8 Å². The van der Waals surface area contributed by atoms with E-state index in [0.717, 1.165) is 78.8 Å². The van der Waals surface area contributed by atoms with E-state index in [1.165, 1.54) is 5.56 Å². The van der Waals surface area contributed by atoms with Crippen LogP contribution in [0, 0.1) is 5.92 Å². The molecule has 6 rings (SSSR count). The minimum Gasteiger partial charge on any atom is -0.497 e. The number of hydrogen-bond donors (Lipinski definition) is 2. The Morgan fingerprint density at radius 1 is 1.09 bits per heavy atom. The van der Waals surface area contributed by atoms with Gasteiger partial charge in [0.15, 0.2) is 0 Å². The minimum absolute atomic E-state index is 0.0654. The summed E-state index contributed by atoms with van der Waals surface area (Å²) in [7, 11) is 1.67. The van der Waals surface area contributed by atoms with E-state index in [1.807, 2.05) is 41.3 Å².